The summed E-state index contributed by atoms with van der Waals surface area (Å²) in [6, 6.07) is 52.8. The summed E-state index contributed by atoms with van der Waals surface area (Å²) in [6.07, 6.45) is 5.73. The van der Waals surface area contributed by atoms with Crippen molar-refractivity contribution >= 4 is 43.5 Å². The standard InChI is InChI=1S/C44H28N6/c1-2-12-33(13-3-1)49-22-19-29-23-31-25-36-35-15-4-5-18-41(35)50(43(36)27-32(31)26-42(29)49)34-14-10-11-30(24-34)44-47-39(37-16-6-8-20-45-37)28-40(48-44)38-17-7-9-21-46-38/h1-28H. The molecule has 234 valence electrons. The molecular formula is C44H28N6. The van der Waals surface area contributed by atoms with E-state index >= 15 is 0 Å². The number of nitrogens with zero attached hydrogens (tertiary/aromatic N) is 6. The Morgan fingerprint density at radius 2 is 1.08 bits per heavy atom. The predicted molar refractivity (Wildman–Crippen MR) is 203 cm³/mol. The number of rotatable bonds is 5. The average molecular weight is 641 g/mol. The molecule has 5 aromatic carbocycles. The molecule has 0 aliphatic carbocycles. The van der Waals surface area contributed by atoms with Crippen molar-refractivity contribution in [2.45, 2.75) is 0 Å². The first-order chi connectivity index (χ1) is 24.8. The summed E-state index contributed by atoms with van der Waals surface area (Å²) >= 11 is 0. The molecule has 0 saturated carbocycles. The Bertz CT molecular complexity index is 2800. The molecule has 0 amide bonds. The maximum atomic E-state index is 5.03. The lowest BCUT2D eigenvalue weighted by molar-refractivity contribution is 1.13. The second kappa shape index (κ2) is 11.4. The van der Waals surface area contributed by atoms with Gasteiger partial charge in [-0.15, -0.1) is 0 Å². The highest BCUT2D eigenvalue weighted by molar-refractivity contribution is 6.15. The SMILES string of the molecule is c1ccc(-n2ccc3cc4cc5c6ccccc6n(-c6cccc(-c7nc(-c8ccccn8)cc(-c8ccccn8)n7)c6)c5cc4cc32)cc1. The highest BCUT2D eigenvalue weighted by Crippen LogP contribution is 2.37. The van der Waals surface area contributed by atoms with Gasteiger partial charge in [0.2, 0.25) is 0 Å². The van der Waals surface area contributed by atoms with Crippen LogP contribution in [0.4, 0.5) is 0 Å². The Morgan fingerprint density at radius 1 is 0.400 bits per heavy atom. The van der Waals surface area contributed by atoms with Crippen molar-refractivity contribution in [2.24, 2.45) is 0 Å². The van der Waals surface area contributed by atoms with E-state index in [0.717, 1.165) is 50.7 Å². The van der Waals surface area contributed by atoms with Gasteiger partial charge in [-0.2, -0.15) is 0 Å². The summed E-state index contributed by atoms with van der Waals surface area (Å²) in [5.74, 6) is 0.617. The molecule has 6 nitrogen and oxygen atoms in total. The van der Waals surface area contributed by atoms with Gasteiger partial charge in [0.1, 0.15) is 0 Å². The van der Waals surface area contributed by atoms with Crippen molar-refractivity contribution in [1.29, 1.82) is 0 Å². The van der Waals surface area contributed by atoms with Gasteiger partial charge in [0.25, 0.3) is 0 Å². The first kappa shape index (κ1) is 28.1. The lowest BCUT2D eigenvalue weighted by Crippen LogP contribution is -1.99. The molecule has 5 aromatic heterocycles. The minimum Gasteiger partial charge on any atom is -0.317 e. The molecule has 6 heteroatoms. The number of benzene rings is 5. The van der Waals surface area contributed by atoms with Crippen molar-refractivity contribution in [3.8, 4) is 45.5 Å². The van der Waals surface area contributed by atoms with Gasteiger partial charge in [0.15, 0.2) is 5.82 Å². The molecule has 50 heavy (non-hydrogen) atoms. The van der Waals surface area contributed by atoms with Crippen LogP contribution in [0.2, 0.25) is 0 Å². The number of para-hydroxylation sites is 2. The van der Waals surface area contributed by atoms with Crippen LogP contribution in [-0.2, 0) is 0 Å². The van der Waals surface area contributed by atoms with E-state index in [-0.39, 0.29) is 0 Å². The van der Waals surface area contributed by atoms with Crippen LogP contribution in [0.3, 0.4) is 0 Å². The molecule has 0 aliphatic heterocycles. The van der Waals surface area contributed by atoms with Crippen LogP contribution in [0.1, 0.15) is 0 Å². The molecule has 10 rings (SSSR count). The molecule has 0 spiro atoms. The van der Waals surface area contributed by atoms with E-state index in [2.05, 4.69) is 134 Å². The number of fused-ring (bicyclic) bond motifs is 5. The van der Waals surface area contributed by atoms with E-state index in [9.17, 15) is 0 Å². The van der Waals surface area contributed by atoms with Gasteiger partial charge < -0.3 is 9.13 Å². The van der Waals surface area contributed by atoms with E-state index in [1.54, 1.807) is 12.4 Å². The first-order valence-corrected chi connectivity index (χ1v) is 16.6. The zero-order valence-corrected chi connectivity index (χ0v) is 26.8. The van der Waals surface area contributed by atoms with E-state index in [1.807, 2.05) is 42.5 Å². The number of pyridine rings is 2. The Labute approximate surface area is 287 Å². The molecular weight excluding hydrogens is 613 g/mol. The molecule has 0 bridgehead atoms. The molecule has 0 unspecified atom stereocenters. The maximum absolute atomic E-state index is 5.03. The van der Waals surface area contributed by atoms with E-state index in [0.29, 0.717) is 5.82 Å². The average Bonchev–Trinajstić information content (AvgIpc) is 3.75. The second-order valence-electron chi connectivity index (χ2n) is 12.4. The Hall–Kier alpha value is -6.92. The van der Waals surface area contributed by atoms with Gasteiger partial charge >= 0.3 is 0 Å². The molecule has 0 atom stereocenters. The van der Waals surface area contributed by atoms with Gasteiger partial charge in [0, 0.05) is 51.7 Å². The molecule has 10 aromatic rings. The summed E-state index contributed by atoms with van der Waals surface area (Å²) in [6.45, 7) is 0. The van der Waals surface area contributed by atoms with Gasteiger partial charge in [0.05, 0.1) is 39.3 Å². The maximum Gasteiger partial charge on any atom is 0.160 e. The summed E-state index contributed by atoms with van der Waals surface area (Å²) in [4.78, 5) is 19.2. The van der Waals surface area contributed by atoms with Crippen molar-refractivity contribution < 1.29 is 0 Å². The monoisotopic (exact) mass is 640 g/mol. The van der Waals surface area contributed by atoms with Crippen LogP contribution in [-0.4, -0.2) is 29.1 Å². The molecule has 0 radical (unpaired) electrons. The summed E-state index contributed by atoms with van der Waals surface area (Å²) in [5, 5.41) is 6.05. The topological polar surface area (TPSA) is 61.4 Å². The van der Waals surface area contributed by atoms with Gasteiger partial charge in [-0.3, -0.25) is 9.97 Å². The minimum absolute atomic E-state index is 0.617. The smallest absolute Gasteiger partial charge is 0.160 e. The largest absolute Gasteiger partial charge is 0.317 e. The van der Waals surface area contributed by atoms with Gasteiger partial charge in [-0.1, -0.05) is 60.7 Å². The fourth-order valence-electron chi connectivity index (χ4n) is 7.09. The third kappa shape index (κ3) is 4.65. The van der Waals surface area contributed by atoms with Gasteiger partial charge in [-0.05, 0) is 102 Å². The number of hydrogen-bond acceptors (Lipinski definition) is 4. The van der Waals surface area contributed by atoms with Crippen LogP contribution in [0.25, 0.3) is 89.0 Å². The Balaban J connectivity index is 1.17. The fraction of sp³-hybridized carbons (Fsp3) is 0. The van der Waals surface area contributed by atoms with Crippen LogP contribution < -0.4 is 0 Å². The van der Waals surface area contributed by atoms with Crippen molar-refractivity contribution in [3.63, 3.8) is 0 Å². The summed E-state index contributed by atoms with van der Waals surface area (Å²) in [7, 11) is 0. The van der Waals surface area contributed by atoms with Crippen LogP contribution in [0.15, 0.2) is 170 Å². The van der Waals surface area contributed by atoms with Gasteiger partial charge in [-0.25, -0.2) is 9.97 Å². The Kier molecular flexibility index (Phi) is 6.39. The zero-order valence-electron chi connectivity index (χ0n) is 26.8. The predicted octanol–water partition coefficient (Wildman–Crippen LogP) is 10.5. The van der Waals surface area contributed by atoms with E-state index in [1.165, 1.54) is 32.4 Å². The zero-order chi connectivity index (χ0) is 33.0. The molecule has 0 fully saturated rings. The lowest BCUT2D eigenvalue weighted by atomic mass is 10.0. The molecule has 5 heterocycles. The highest BCUT2D eigenvalue weighted by atomic mass is 15.0. The van der Waals surface area contributed by atoms with E-state index < -0.39 is 0 Å². The van der Waals surface area contributed by atoms with Crippen molar-refractivity contribution in [2.75, 3.05) is 0 Å². The third-order valence-corrected chi connectivity index (χ3v) is 9.42. The van der Waals surface area contributed by atoms with Crippen molar-refractivity contribution in [1.82, 2.24) is 29.1 Å². The summed E-state index contributed by atoms with van der Waals surface area (Å²) in [5.41, 5.74) is 9.62. The third-order valence-electron chi connectivity index (χ3n) is 9.42. The second-order valence-corrected chi connectivity index (χ2v) is 12.4. The number of aromatic nitrogens is 6. The normalized spacial score (nSPS) is 11.6. The first-order valence-electron chi connectivity index (χ1n) is 16.6. The number of hydrogen-bond donors (Lipinski definition) is 0. The van der Waals surface area contributed by atoms with E-state index in [4.69, 9.17) is 9.97 Å². The van der Waals surface area contributed by atoms with Crippen LogP contribution >= 0.6 is 0 Å². The molecule has 0 N–H and O–H groups in total. The highest BCUT2D eigenvalue weighted by Gasteiger charge is 2.17. The quantitative estimate of drug-likeness (QED) is 0.188. The molecule has 0 saturated heterocycles. The summed E-state index contributed by atoms with van der Waals surface area (Å²) < 4.78 is 4.62. The lowest BCUT2D eigenvalue weighted by Gasteiger charge is -2.12. The fourth-order valence-corrected chi connectivity index (χ4v) is 7.09. The minimum atomic E-state index is 0.617. The Morgan fingerprint density at radius 3 is 1.84 bits per heavy atom. The molecule has 0 aliphatic rings. The van der Waals surface area contributed by atoms with Crippen LogP contribution in [0.5, 0.6) is 0 Å². The van der Waals surface area contributed by atoms with Crippen LogP contribution in [0, 0.1) is 0 Å². The van der Waals surface area contributed by atoms with Crippen molar-refractivity contribution in [3.05, 3.63) is 170 Å².